The van der Waals surface area contributed by atoms with Gasteiger partial charge in [-0.15, -0.1) is 0 Å². The predicted octanol–water partition coefficient (Wildman–Crippen LogP) is -3.48. The van der Waals surface area contributed by atoms with Crippen molar-refractivity contribution in [3.8, 4) is 0 Å². The Bertz CT molecular complexity index is 555. The smallest absolute Gasteiger partial charge is 0.691 e. The molecule has 168 valence electrons. The topological polar surface area (TPSA) is 87.7 Å². The molecule has 6 atom stereocenters. The van der Waals surface area contributed by atoms with Crippen LogP contribution in [0.25, 0.3) is 0 Å². The summed E-state index contributed by atoms with van der Waals surface area (Å²) >= 11 is 3.36. The number of rotatable bonds is 20. The van der Waals surface area contributed by atoms with Crippen LogP contribution in [0.4, 0.5) is 0 Å². The molecule has 1 saturated heterocycles. The van der Waals surface area contributed by atoms with E-state index >= 15 is 0 Å². The fourth-order valence-corrected chi connectivity index (χ4v) is 4.18. The van der Waals surface area contributed by atoms with Crippen molar-refractivity contribution in [2.24, 2.45) is 5.92 Å². The van der Waals surface area contributed by atoms with Gasteiger partial charge in [0.1, 0.15) is 41.6 Å². The van der Waals surface area contributed by atoms with Gasteiger partial charge in [-0.2, -0.15) is 4.33 Å². The van der Waals surface area contributed by atoms with Crippen LogP contribution in [0.2, 0.25) is 0 Å². The zero-order valence-corrected chi connectivity index (χ0v) is 22.6. The van der Waals surface area contributed by atoms with Crippen LogP contribution in [0, 0.1) is 5.92 Å². The Hall–Kier alpha value is 2.27. The summed E-state index contributed by atoms with van der Waals surface area (Å²) in [4.78, 5) is 0. The van der Waals surface area contributed by atoms with Crippen molar-refractivity contribution >= 4 is 71.5 Å². The minimum Gasteiger partial charge on any atom is -0.691 e. The second-order valence-corrected chi connectivity index (χ2v) is 8.84. The molecule has 0 spiro atoms. The van der Waals surface area contributed by atoms with E-state index in [0.717, 1.165) is 42.5 Å². The molecule has 0 aromatic carbocycles. The van der Waals surface area contributed by atoms with E-state index in [4.69, 9.17) is 30.0 Å². The Morgan fingerprint density at radius 3 is 2.23 bits per heavy atom. The molecule has 0 saturated carbocycles. The monoisotopic (exact) mass is 519 g/mol. The second kappa shape index (κ2) is 20.6. The van der Waals surface area contributed by atoms with Gasteiger partial charge in [0, 0.05) is 12.0 Å². The molecule has 30 heavy (non-hydrogen) atoms. The van der Waals surface area contributed by atoms with Crippen LogP contribution in [0.1, 0.15) is 20.3 Å². The summed E-state index contributed by atoms with van der Waals surface area (Å²) in [6.45, 7) is 4.39. The molecule has 0 amide bonds. The zero-order valence-electron chi connectivity index (χ0n) is 23.3. The van der Waals surface area contributed by atoms with Crippen molar-refractivity contribution in [2.45, 2.75) is 51.0 Å². The maximum absolute atomic E-state index is 10.3. The van der Waals surface area contributed by atoms with E-state index in [2.05, 4.69) is 9.37 Å². The molecular weight excluding hydrogens is 480 g/mol. The first-order valence-corrected chi connectivity index (χ1v) is 12.6. The molecule has 6 unspecified atom stereocenters. The molecule has 0 N–H and O–H groups in total. The zero-order chi connectivity index (χ0) is 26.2. The van der Waals surface area contributed by atoms with Gasteiger partial charge in [0.25, 0.3) is 0 Å². The average molecular weight is 519 g/mol. The Morgan fingerprint density at radius 2 is 1.67 bits per heavy atom. The maximum atomic E-state index is 10.3. The fourth-order valence-electron chi connectivity index (χ4n) is 2.32. The summed E-state index contributed by atoms with van der Waals surface area (Å²) in [6.07, 6.45) is -3.41. The standard InChI is InChI=1S/C14H31B3O8S4.Na/c1-3-9(2)4-19-14-13(23-29-8-17)12(22-28-7-16)11(21-27-6-15)10(20-14)5-26-25-24-18;/h9-14,18H,3-8,15-17H2,1-2H3;/q;+1/p-1/i15TD,16TD,17TD;. The minimum absolute atomic E-state index is 0. The number of hydrogen-bond donors (Lipinski definition) is 0. The molecule has 16 heteroatoms. The number of ether oxygens (including phenoxy) is 2. The third-order valence-corrected chi connectivity index (χ3v) is 5.98. The van der Waals surface area contributed by atoms with Gasteiger partial charge in [0.05, 0.1) is 12.4 Å². The van der Waals surface area contributed by atoms with Crippen LogP contribution < -0.4 is 34.8 Å². The SMILES string of the molecule is [2H]B([3H])CSOC1C(CSOO[O-])OC(OCC(C)CC)C(OSCB([2H])[3H])C1OSCB([2H])[3H].[Na+]. The van der Waals surface area contributed by atoms with Crippen molar-refractivity contribution in [3.63, 3.8) is 0 Å². The third kappa shape index (κ3) is 12.1. The first kappa shape index (κ1) is 22.7. The summed E-state index contributed by atoms with van der Waals surface area (Å²) in [7, 11) is -3.38. The minimum atomic E-state index is -1.13. The second-order valence-electron chi connectivity index (χ2n) is 5.85. The molecule has 1 aliphatic heterocycles. The summed E-state index contributed by atoms with van der Waals surface area (Å²) in [5, 5.41) is 13.7. The molecule has 0 aromatic heterocycles. The Kier molecular flexibility index (Phi) is 15.6. The van der Waals surface area contributed by atoms with E-state index in [1.165, 1.54) is 0 Å². The van der Waals surface area contributed by atoms with E-state index in [1.807, 2.05) is 13.8 Å². The Labute approximate surface area is 230 Å². The normalized spacial score (nSPS) is 29.9. The summed E-state index contributed by atoms with van der Waals surface area (Å²) in [6, 6.07) is 0. The van der Waals surface area contributed by atoms with Crippen LogP contribution in [-0.4, -0.2) is 91.4 Å². The van der Waals surface area contributed by atoms with E-state index in [9.17, 15) is 5.26 Å². The maximum Gasteiger partial charge on any atom is 1.00 e. The van der Waals surface area contributed by atoms with Crippen molar-refractivity contribution in [1.29, 1.82) is 8.01 Å². The molecule has 1 heterocycles. The molecule has 0 radical (unpaired) electrons. The van der Waals surface area contributed by atoms with Crippen LogP contribution in [0.3, 0.4) is 0 Å². The van der Waals surface area contributed by atoms with Crippen molar-refractivity contribution in [1.82, 2.24) is 0 Å². The van der Waals surface area contributed by atoms with E-state index in [-0.39, 0.29) is 58.2 Å². The Balaban J connectivity index is 0.0000122. The molecular formula is C14H30B3NaO8S4. The molecule has 1 fully saturated rings. The van der Waals surface area contributed by atoms with Gasteiger partial charge in [0.15, 0.2) is 12.4 Å². The molecule has 8 nitrogen and oxygen atoms in total. The summed E-state index contributed by atoms with van der Waals surface area (Å²) in [5.74, 6) is 0.298. The van der Waals surface area contributed by atoms with Crippen molar-refractivity contribution in [2.75, 3.05) is 29.3 Å². The van der Waals surface area contributed by atoms with Crippen LogP contribution in [-0.2, 0) is 31.4 Å². The number of hydrogen-bond acceptors (Lipinski definition) is 12. The van der Waals surface area contributed by atoms with E-state index in [1.54, 1.807) is 0 Å². The van der Waals surface area contributed by atoms with Gasteiger partial charge < -0.3 is 27.3 Å². The van der Waals surface area contributed by atoms with Gasteiger partial charge in [-0.25, -0.2) is 0 Å². The van der Waals surface area contributed by atoms with Crippen molar-refractivity contribution in [3.05, 3.63) is 0 Å². The first-order valence-electron chi connectivity index (χ1n) is 12.4. The van der Waals surface area contributed by atoms with E-state index in [0.29, 0.717) is 18.6 Å². The quantitative estimate of drug-likeness (QED) is 0.0527. The fraction of sp³-hybridized carbons (Fsp3) is 1.00. The van der Waals surface area contributed by atoms with Gasteiger partial charge in [-0.1, -0.05) is 20.3 Å². The predicted molar refractivity (Wildman–Crippen MR) is 126 cm³/mol. The molecule has 0 aromatic rings. The summed E-state index contributed by atoms with van der Waals surface area (Å²) < 4.78 is 78.7. The first-order chi connectivity index (χ1) is 16.7. The molecule has 0 aliphatic carbocycles. The van der Waals surface area contributed by atoms with Gasteiger partial charge in [0.2, 0.25) is 0 Å². The molecule has 1 aliphatic rings. The van der Waals surface area contributed by atoms with Gasteiger partial charge in [-0.3, -0.25) is 5.04 Å². The van der Waals surface area contributed by atoms with Crippen LogP contribution >= 0.6 is 48.2 Å². The van der Waals surface area contributed by atoms with Crippen LogP contribution in [0.15, 0.2) is 0 Å². The van der Waals surface area contributed by atoms with Gasteiger partial charge in [-0.05, 0) is 67.0 Å². The molecule has 1 rings (SSSR count). The Morgan fingerprint density at radius 1 is 1.07 bits per heavy atom. The van der Waals surface area contributed by atoms with E-state index < -0.39 is 54.0 Å². The summed E-state index contributed by atoms with van der Waals surface area (Å²) in [5.41, 5.74) is 0.153. The third-order valence-electron chi connectivity index (χ3n) is 3.88. The largest absolute Gasteiger partial charge is 1.00 e. The molecule has 0 bridgehead atoms. The van der Waals surface area contributed by atoms with Crippen molar-refractivity contribution < 1.29 is 66.2 Å². The average Bonchev–Trinajstić information content (AvgIpc) is 2.79. The van der Waals surface area contributed by atoms with Crippen LogP contribution in [0.5, 0.6) is 0 Å². The van der Waals surface area contributed by atoms with Gasteiger partial charge >= 0.3 is 29.6 Å².